The van der Waals surface area contributed by atoms with Crippen LogP contribution in [0.5, 0.6) is 0 Å². The van der Waals surface area contributed by atoms with Crippen molar-refractivity contribution in [1.29, 1.82) is 0 Å². The smallest absolute Gasteiger partial charge is 0.408 e. The summed E-state index contributed by atoms with van der Waals surface area (Å²) in [7, 11) is 0. The van der Waals surface area contributed by atoms with E-state index < -0.39 is 5.60 Å². The van der Waals surface area contributed by atoms with Crippen molar-refractivity contribution in [2.24, 2.45) is 0 Å². The van der Waals surface area contributed by atoms with Gasteiger partial charge in [0, 0.05) is 29.7 Å². The molecule has 180 valence electrons. The van der Waals surface area contributed by atoms with Crippen LogP contribution in [0.3, 0.4) is 0 Å². The third-order valence-electron chi connectivity index (χ3n) is 6.74. The number of carbonyl (C=O) groups is 1. The second kappa shape index (κ2) is 9.08. The lowest BCUT2D eigenvalue weighted by atomic mass is 9.71. The maximum atomic E-state index is 12.5. The molecule has 1 aliphatic heterocycles. The molecule has 0 radical (unpaired) electrons. The summed E-state index contributed by atoms with van der Waals surface area (Å²) in [5, 5.41) is 6.44. The Balaban J connectivity index is 1.50. The SMILES string of the molecule is CC(C)(C)OC(=O)NC1(c2ccc(-c3nc4c(cc3-c3ccccc3)C(=S)NCC4)cc2)CCC1. The van der Waals surface area contributed by atoms with E-state index in [0.29, 0.717) is 0 Å². The number of nitrogens with one attached hydrogen (secondary N) is 2. The van der Waals surface area contributed by atoms with Gasteiger partial charge in [0.25, 0.3) is 0 Å². The normalized spacial score (nSPS) is 16.5. The average molecular weight is 486 g/mol. The number of pyridine rings is 1. The molecule has 5 nitrogen and oxygen atoms in total. The molecule has 5 rings (SSSR count). The van der Waals surface area contributed by atoms with Gasteiger partial charge in [0.05, 0.1) is 16.9 Å². The molecule has 0 bridgehead atoms. The van der Waals surface area contributed by atoms with Crippen LogP contribution >= 0.6 is 12.2 Å². The highest BCUT2D eigenvalue weighted by Gasteiger charge is 2.41. The van der Waals surface area contributed by atoms with Crippen molar-refractivity contribution in [3.63, 3.8) is 0 Å². The van der Waals surface area contributed by atoms with Gasteiger partial charge in [-0.3, -0.25) is 4.98 Å². The summed E-state index contributed by atoms with van der Waals surface area (Å²) >= 11 is 5.58. The van der Waals surface area contributed by atoms with E-state index >= 15 is 0 Å². The molecule has 35 heavy (non-hydrogen) atoms. The molecule has 2 heterocycles. The standard InChI is InChI=1S/C29H31N3O2S/c1-28(2,3)34-27(33)32-29(15-7-16-29)21-12-10-20(11-13-21)25-22(19-8-5-4-6-9-19)18-23-24(31-25)14-17-30-26(23)35/h4-6,8-13,18H,7,14-17H2,1-3H3,(H,30,35)(H,32,33). The van der Waals surface area contributed by atoms with Crippen LogP contribution in [-0.4, -0.2) is 28.2 Å². The molecule has 0 saturated heterocycles. The molecule has 1 aliphatic carbocycles. The Hall–Kier alpha value is -3.25. The topological polar surface area (TPSA) is 63.2 Å². The number of aromatic nitrogens is 1. The van der Waals surface area contributed by atoms with E-state index in [0.717, 1.165) is 76.4 Å². The Kier molecular flexibility index (Phi) is 6.09. The molecule has 3 aromatic rings. The van der Waals surface area contributed by atoms with Crippen molar-refractivity contribution >= 4 is 23.3 Å². The Morgan fingerprint density at radius 1 is 1.03 bits per heavy atom. The van der Waals surface area contributed by atoms with Crippen LogP contribution in [0.2, 0.25) is 0 Å². The Bertz CT molecular complexity index is 1260. The van der Waals surface area contributed by atoms with Crippen molar-refractivity contribution in [3.8, 4) is 22.4 Å². The molecular weight excluding hydrogens is 454 g/mol. The fraction of sp³-hybridized carbons (Fsp3) is 0.345. The second-order valence-electron chi connectivity index (χ2n) is 10.4. The quantitative estimate of drug-likeness (QED) is 0.435. The van der Waals surface area contributed by atoms with E-state index in [4.69, 9.17) is 21.9 Å². The number of benzene rings is 2. The van der Waals surface area contributed by atoms with Gasteiger partial charge in [-0.25, -0.2) is 4.79 Å². The first kappa shape index (κ1) is 23.5. The van der Waals surface area contributed by atoms with E-state index in [2.05, 4.69) is 53.1 Å². The monoisotopic (exact) mass is 485 g/mol. The molecule has 2 N–H and O–H groups in total. The minimum absolute atomic E-state index is 0.367. The molecule has 1 aromatic heterocycles. The van der Waals surface area contributed by atoms with Crippen LogP contribution in [0.4, 0.5) is 4.79 Å². The van der Waals surface area contributed by atoms with Crippen LogP contribution in [0.1, 0.15) is 56.9 Å². The molecule has 1 fully saturated rings. The summed E-state index contributed by atoms with van der Waals surface area (Å²) < 4.78 is 5.53. The minimum atomic E-state index is -0.525. The zero-order valence-corrected chi connectivity index (χ0v) is 21.3. The number of nitrogens with zero attached hydrogens (tertiary/aromatic N) is 1. The number of thiocarbonyl (C=S) groups is 1. The van der Waals surface area contributed by atoms with Gasteiger partial charge in [-0.15, -0.1) is 0 Å². The van der Waals surface area contributed by atoms with Gasteiger partial charge in [-0.2, -0.15) is 0 Å². The van der Waals surface area contributed by atoms with Crippen molar-refractivity contribution < 1.29 is 9.53 Å². The predicted octanol–water partition coefficient (Wildman–Crippen LogP) is 6.14. The zero-order valence-electron chi connectivity index (χ0n) is 20.5. The Morgan fingerprint density at radius 3 is 2.37 bits per heavy atom. The van der Waals surface area contributed by atoms with Gasteiger partial charge in [0.15, 0.2) is 0 Å². The lowest BCUT2D eigenvalue weighted by molar-refractivity contribution is 0.0377. The molecule has 1 saturated carbocycles. The summed E-state index contributed by atoms with van der Waals surface area (Å²) in [4.78, 5) is 18.4. The van der Waals surface area contributed by atoms with Crippen LogP contribution in [0, 0.1) is 0 Å². The van der Waals surface area contributed by atoms with Crippen LogP contribution in [0.15, 0.2) is 60.7 Å². The van der Waals surface area contributed by atoms with Crippen molar-refractivity contribution in [2.45, 2.75) is 57.6 Å². The first-order chi connectivity index (χ1) is 16.7. The highest BCUT2D eigenvalue weighted by atomic mass is 32.1. The number of alkyl carbamates (subject to hydrolysis) is 1. The molecule has 6 heteroatoms. The van der Waals surface area contributed by atoms with Gasteiger partial charge in [0.2, 0.25) is 0 Å². The average Bonchev–Trinajstić information content (AvgIpc) is 2.81. The van der Waals surface area contributed by atoms with Crippen LogP contribution in [-0.2, 0) is 16.7 Å². The Labute approximate surface area is 212 Å². The van der Waals surface area contributed by atoms with E-state index in [1.165, 1.54) is 0 Å². The maximum Gasteiger partial charge on any atom is 0.408 e. The number of ether oxygens (including phenoxy) is 1. The van der Waals surface area contributed by atoms with E-state index in [1.807, 2.05) is 39.0 Å². The van der Waals surface area contributed by atoms with Crippen molar-refractivity contribution in [2.75, 3.05) is 6.54 Å². The lowest BCUT2D eigenvalue weighted by Gasteiger charge is -2.43. The van der Waals surface area contributed by atoms with E-state index in [1.54, 1.807) is 0 Å². The maximum absolute atomic E-state index is 12.5. The number of hydrogen-bond donors (Lipinski definition) is 2. The van der Waals surface area contributed by atoms with E-state index in [9.17, 15) is 4.79 Å². The van der Waals surface area contributed by atoms with Gasteiger partial charge in [-0.05, 0) is 57.2 Å². The number of rotatable bonds is 4. The van der Waals surface area contributed by atoms with E-state index in [-0.39, 0.29) is 11.6 Å². The largest absolute Gasteiger partial charge is 0.444 e. The third kappa shape index (κ3) is 4.80. The fourth-order valence-electron chi connectivity index (χ4n) is 4.85. The minimum Gasteiger partial charge on any atom is -0.444 e. The summed E-state index contributed by atoms with van der Waals surface area (Å²) in [6, 6.07) is 21.0. The molecule has 0 atom stereocenters. The van der Waals surface area contributed by atoms with Gasteiger partial charge in [0.1, 0.15) is 10.6 Å². The zero-order chi connectivity index (χ0) is 24.6. The Morgan fingerprint density at radius 2 is 1.74 bits per heavy atom. The van der Waals surface area contributed by atoms with Gasteiger partial charge >= 0.3 is 6.09 Å². The summed E-state index contributed by atoms with van der Waals surface area (Å²) in [6.45, 7) is 6.45. The number of carbonyl (C=O) groups excluding carboxylic acids is 1. The molecule has 0 unspecified atom stereocenters. The summed E-state index contributed by atoms with van der Waals surface area (Å²) in [5.74, 6) is 0. The summed E-state index contributed by atoms with van der Waals surface area (Å²) in [6.07, 6.45) is 3.37. The van der Waals surface area contributed by atoms with Gasteiger partial charge < -0.3 is 15.4 Å². The molecule has 2 aromatic carbocycles. The lowest BCUT2D eigenvalue weighted by Crippen LogP contribution is -2.52. The number of fused-ring (bicyclic) bond motifs is 1. The highest BCUT2D eigenvalue weighted by Crippen LogP contribution is 2.42. The third-order valence-corrected chi connectivity index (χ3v) is 7.10. The second-order valence-corrected chi connectivity index (χ2v) is 10.8. The summed E-state index contributed by atoms with van der Waals surface area (Å²) in [5.41, 5.74) is 6.43. The van der Waals surface area contributed by atoms with Crippen LogP contribution in [0.25, 0.3) is 22.4 Å². The predicted molar refractivity (Wildman–Crippen MR) is 143 cm³/mol. The molecule has 2 aliphatic rings. The molecule has 1 amide bonds. The van der Waals surface area contributed by atoms with Crippen molar-refractivity contribution in [1.82, 2.24) is 15.6 Å². The first-order valence-corrected chi connectivity index (χ1v) is 12.6. The number of amides is 1. The highest BCUT2D eigenvalue weighted by molar-refractivity contribution is 7.80. The van der Waals surface area contributed by atoms with Crippen LogP contribution < -0.4 is 10.6 Å². The first-order valence-electron chi connectivity index (χ1n) is 12.2. The molecular formula is C29H31N3O2S. The molecule has 0 spiro atoms. The van der Waals surface area contributed by atoms with Crippen molar-refractivity contribution in [3.05, 3.63) is 77.5 Å². The fourth-order valence-corrected chi connectivity index (χ4v) is 5.13. The van der Waals surface area contributed by atoms with Gasteiger partial charge in [-0.1, -0.05) is 66.8 Å². The number of hydrogen-bond acceptors (Lipinski definition) is 4.